The predicted octanol–water partition coefficient (Wildman–Crippen LogP) is 4.56. The Labute approximate surface area is 78.1 Å². The fourth-order valence-electron chi connectivity index (χ4n) is 1.72. The van der Waals surface area contributed by atoms with E-state index in [2.05, 4.69) is 27.4 Å². The zero-order chi connectivity index (χ0) is 9.40. The van der Waals surface area contributed by atoms with E-state index in [9.17, 15) is 0 Å². The van der Waals surface area contributed by atoms with Crippen molar-refractivity contribution in [3.05, 3.63) is 12.2 Å². The maximum atomic E-state index is 4.11. The van der Waals surface area contributed by atoms with Gasteiger partial charge in [-0.15, -0.1) is 0 Å². The highest BCUT2D eigenvalue weighted by molar-refractivity contribution is 4.95. The Bertz CT molecular complexity index is 113. The Balaban J connectivity index is 3.61. The summed E-state index contributed by atoms with van der Waals surface area (Å²) in [7, 11) is 0. The molecule has 0 bridgehead atoms. The van der Waals surface area contributed by atoms with Gasteiger partial charge >= 0.3 is 0 Å². The molecule has 1 unspecified atom stereocenters. The van der Waals surface area contributed by atoms with Gasteiger partial charge in [-0.1, -0.05) is 58.6 Å². The standard InChI is InChI=1S/C12H24/c1-5-8-11(4)10-12(7-3)9-6-2/h12H,4-10H2,1-3H3. The van der Waals surface area contributed by atoms with Gasteiger partial charge in [0.05, 0.1) is 0 Å². The SMILES string of the molecule is C=C(CCC)CC(CC)CCC. The van der Waals surface area contributed by atoms with Crippen molar-refractivity contribution in [2.75, 3.05) is 0 Å². The first-order valence-electron chi connectivity index (χ1n) is 5.41. The summed E-state index contributed by atoms with van der Waals surface area (Å²) in [6, 6.07) is 0. The number of allylic oxidation sites excluding steroid dienone is 1. The Morgan fingerprint density at radius 2 is 1.83 bits per heavy atom. The highest BCUT2D eigenvalue weighted by Crippen LogP contribution is 2.21. The summed E-state index contributed by atoms with van der Waals surface area (Å²) >= 11 is 0. The van der Waals surface area contributed by atoms with E-state index in [4.69, 9.17) is 0 Å². The third-order valence-corrected chi connectivity index (χ3v) is 2.46. The Kier molecular flexibility index (Phi) is 7.23. The lowest BCUT2D eigenvalue weighted by atomic mass is 9.92. The van der Waals surface area contributed by atoms with Gasteiger partial charge in [-0.3, -0.25) is 0 Å². The van der Waals surface area contributed by atoms with Gasteiger partial charge in [0.1, 0.15) is 0 Å². The molecular formula is C12H24. The van der Waals surface area contributed by atoms with Crippen molar-refractivity contribution in [2.45, 2.75) is 59.3 Å². The molecule has 0 rings (SSSR count). The lowest BCUT2D eigenvalue weighted by Gasteiger charge is -2.14. The lowest BCUT2D eigenvalue weighted by molar-refractivity contribution is 0.455. The summed E-state index contributed by atoms with van der Waals surface area (Å²) in [6.45, 7) is 10.9. The molecule has 0 amide bonds. The minimum absolute atomic E-state index is 0.897. The van der Waals surface area contributed by atoms with E-state index < -0.39 is 0 Å². The number of rotatable bonds is 7. The Morgan fingerprint density at radius 1 is 1.17 bits per heavy atom. The van der Waals surface area contributed by atoms with Gasteiger partial charge in [0.2, 0.25) is 0 Å². The molecule has 12 heavy (non-hydrogen) atoms. The maximum absolute atomic E-state index is 4.11. The maximum Gasteiger partial charge on any atom is -0.0295 e. The minimum Gasteiger partial charge on any atom is -0.0999 e. The fraction of sp³-hybridized carbons (Fsp3) is 0.833. The molecule has 0 heterocycles. The predicted molar refractivity (Wildman–Crippen MR) is 57.4 cm³/mol. The first kappa shape index (κ1) is 11.7. The zero-order valence-corrected chi connectivity index (χ0v) is 9.03. The van der Waals surface area contributed by atoms with E-state index in [0.717, 1.165) is 5.92 Å². The lowest BCUT2D eigenvalue weighted by Crippen LogP contribution is -1.99. The van der Waals surface area contributed by atoms with E-state index in [-0.39, 0.29) is 0 Å². The molecule has 0 saturated carbocycles. The molecule has 0 fully saturated rings. The van der Waals surface area contributed by atoms with Gasteiger partial charge in [0.15, 0.2) is 0 Å². The molecule has 0 aromatic rings. The average Bonchev–Trinajstić information content (AvgIpc) is 2.04. The zero-order valence-electron chi connectivity index (χ0n) is 9.03. The smallest absolute Gasteiger partial charge is 0.0295 e. The molecule has 0 nitrogen and oxygen atoms in total. The summed E-state index contributed by atoms with van der Waals surface area (Å²) < 4.78 is 0. The molecule has 0 aliphatic heterocycles. The van der Waals surface area contributed by atoms with Gasteiger partial charge < -0.3 is 0 Å². The van der Waals surface area contributed by atoms with Crippen LogP contribution >= 0.6 is 0 Å². The average molecular weight is 168 g/mol. The molecule has 72 valence electrons. The van der Waals surface area contributed by atoms with Gasteiger partial charge in [0, 0.05) is 0 Å². The third-order valence-electron chi connectivity index (χ3n) is 2.46. The molecule has 0 aliphatic rings. The van der Waals surface area contributed by atoms with Crippen LogP contribution in [0.4, 0.5) is 0 Å². The quantitative estimate of drug-likeness (QED) is 0.489. The van der Waals surface area contributed by atoms with Crippen LogP contribution in [0.2, 0.25) is 0 Å². The molecule has 0 aromatic heterocycles. The molecule has 0 aliphatic carbocycles. The van der Waals surface area contributed by atoms with Crippen LogP contribution in [0.1, 0.15) is 59.3 Å². The summed E-state index contributed by atoms with van der Waals surface area (Å²) in [5.74, 6) is 0.897. The fourth-order valence-corrected chi connectivity index (χ4v) is 1.72. The second kappa shape index (κ2) is 7.39. The Hall–Kier alpha value is -0.260. The number of hydrogen-bond donors (Lipinski definition) is 0. The van der Waals surface area contributed by atoms with Crippen LogP contribution in [0.3, 0.4) is 0 Å². The first-order valence-corrected chi connectivity index (χ1v) is 5.41. The molecule has 0 radical (unpaired) electrons. The van der Waals surface area contributed by atoms with Crippen LogP contribution in [0.15, 0.2) is 12.2 Å². The van der Waals surface area contributed by atoms with E-state index in [0.29, 0.717) is 0 Å². The molecule has 0 saturated heterocycles. The van der Waals surface area contributed by atoms with E-state index >= 15 is 0 Å². The van der Waals surface area contributed by atoms with Crippen molar-refractivity contribution in [2.24, 2.45) is 5.92 Å². The minimum atomic E-state index is 0.897. The van der Waals surface area contributed by atoms with Crippen LogP contribution < -0.4 is 0 Å². The van der Waals surface area contributed by atoms with Crippen molar-refractivity contribution < 1.29 is 0 Å². The van der Waals surface area contributed by atoms with E-state index in [1.807, 2.05) is 0 Å². The number of hydrogen-bond acceptors (Lipinski definition) is 0. The van der Waals surface area contributed by atoms with Gasteiger partial charge in [-0.25, -0.2) is 0 Å². The van der Waals surface area contributed by atoms with E-state index in [1.54, 1.807) is 0 Å². The molecule has 0 aromatic carbocycles. The first-order chi connectivity index (χ1) is 5.74. The highest BCUT2D eigenvalue weighted by Gasteiger charge is 2.05. The summed E-state index contributed by atoms with van der Waals surface area (Å²) in [6.07, 6.45) is 7.74. The van der Waals surface area contributed by atoms with Crippen molar-refractivity contribution in [1.82, 2.24) is 0 Å². The summed E-state index contributed by atoms with van der Waals surface area (Å²) in [5.41, 5.74) is 1.46. The third kappa shape index (κ3) is 5.40. The molecule has 0 spiro atoms. The molecule has 0 heteroatoms. The van der Waals surface area contributed by atoms with Crippen LogP contribution in [-0.2, 0) is 0 Å². The van der Waals surface area contributed by atoms with Crippen molar-refractivity contribution in [3.8, 4) is 0 Å². The second-order valence-electron chi connectivity index (χ2n) is 3.77. The van der Waals surface area contributed by atoms with Crippen LogP contribution in [0.25, 0.3) is 0 Å². The van der Waals surface area contributed by atoms with Gasteiger partial charge in [-0.05, 0) is 18.8 Å². The van der Waals surface area contributed by atoms with Gasteiger partial charge in [-0.2, -0.15) is 0 Å². The normalized spacial score (nSPS) is 12.9. The molecule has 0 N–H and O–H groups in total. The molecular weight excluding hydrogens is 144 g/mol. The van der Waals surface area contributed by atoms with Crippen molar-refractivity contribution in [1.29, 1.82) is 0 Å². The Morgan fingerprint density at radius 3 is 2.25 bits per heavy atom. The summed E-state index contributed by atoms with van der Waals surface area (Å²) in [4.78, 5) is 0. The highest BCUT2D eigenvalue weighted by atomic mass is 14.1. The van der Waals surface area contributed by atoms with Gasteiger partial charge in [0.25, 0.3) is 0 Å². The van der Waals surface area contributed by atoms with E-state index in [1.165, 1.54) is 44.1 Å². The molecule has 1 atom stereocenters. The van der Waals surface area contributed by atoms with Crippen LogP contribution in [0, 0.1) is 5.92 Å². The summed E-state index contributed by atoms with van der Waals surface area (Å²) in [5, 5.41) is 0. The van der Waals surface area contributed by atoms with Crippen molar-refractivity contribution in [3.63, 3.8) is 0 Å². The van der Waals surface area contributed by atoms with Crippen LogP contribution in [-0.4, -0.2) is 0 Å². The monoisotopic (exact) mass is 168 g/mol. The second-order valence-corrected chi connectivity index (χ2v) is 3.77. The topological polar surface area (TPSA) is 0 Å². The largest absolute Gasteiger partial charge is 0.0999 e. The van der Waals surface area contributed by atoms with Crippen molar-refractivity contribution >= 4 is 0 Å². The van der Waals surface area contributed by atoms with Crippen LogP contribution in [0.5, 0.6) is 0 Å².